The average Bonchev–Trinajstić information content (AvgIpc) is 3.01. The third kappa shape index (κ3) is 3.31. The van der Waals surface area contributed by atoms with Gasteiger partial charge < -0.3 is 5.32 Å². The first kappa shape index (κ1) is 15.4. The van der Waals surface area contributed by atoms with Gasteiger partial charge in [-0.15, -0.1) is 0 Å². The molecule has 0 unspecified atom stereocenters. The molecule has 3 rings (SSSR count). The zero-order chi connectivity index (χ0) is 16.9. The first-order chi connectivity index (χ1) is 11.7. The van der Waals surface area contributed by atoms with Gasteiger partial charge in [-0.3, -0.25) is 14.5 Å². The minimum atomic E-state index is -0.204. The molecular weight excluding hydrogens is 302 g/mol. The van der Waals surface area contributed by atoms with Crippen LogP contribution in [0.25, 0.3) is 11.4 Å². The Labute approximate surface area is 139 Å². The number of hydrogen-bond donors (Lipinski definition) is 1. The molecule has 0 aliphatic heterocycles. The van der Waals surface area contributed by atoms with Crippen LogP contribution in [0.15, 0.2) is 54.7 Å². The van der Waals surface area contributed by atoms with Crippen LogP contribution in [0, 0.1) is 11.3 Å². The molecule has 0 saturated carbocycles. The Bertz CT molecular complexity index is 891. The van der Waals surface area contributed by atoms with Crippen LogP contribution >= 0.6 is 0 Å². The molecule has 3 aromatic rings. The molecule has 0 spiro atoms. The van der Waals surface area contributed by atoms with Crippen LogP contribution in [0.1, 0.15) is 21.6 Å². The van der Waals surface area contributed by atoms with Gasteiger partial charge in [0.05, 0.1) is 35.3 Å². The number of nitrogens with zero attached hydrogens (tertiary/aromatic N) is 4. The van der Waals surface area contributed by atoms with E-state index in [1.54, 1.807) is 35.1 Å². The van der Waals surface area contributed by atoms with E-state index >= 15 is 0 Å². The summed E-state index contributed by atoms with van der Waals surface area (Å²) in [4.78, 5) is 16.4. The van der Waals surface area contributed by atoms with Crippen LogP contribution in [0.2, 0.25) is 0 Å². The van der Waals surface area contributed by atoms with Crippen molar-refractivity contribution >= 4 is 5.91 Å². The Kier molecular flexibility index (Phi) is 4.34. The maximum atomic E-state index is 12.1. The molecule has 0 atom stereocenters. The molecule has 1 N–H and O–H groups in total. The number of nitriles is 1. The maximum Gasteiger partial charge on any atom is 0.251 e. The molecular formula is C18H15N5O. The van der Waals surface area contributed by atoms with Crippen molar-refractivity contribution in [3.8, 4) is 17.5 Å². The monoisotopic (exact) mass is 317 g/mol. The third-order valence-electron chi connectivity index (χ3n) is 3.56. The molecule has 24 heavy (non-hydrogen) atoms. The zero-order valence-corrected chi connectivity index (χ0v) is 13.1. The molecule has 1 amide bonds. The van der Waals surface area contributed by atoms with Gasteiger partial charge in [0.15, 0.2) is 0 Å². The number of pyridine rings is 1. The molecule has 6 heteroatoms. The summed E-state index contributed by atoms with van der Waals surface area (Å²) >= 11 is 0. The fourth-order valence-corrected chi connectivity index (χ4v) is 2.34. The van der Waals surface area contributed by atoms with Crippen molar-refractivity contribution in [2.75, 3.05) is 0 Å². The zero-order valence-electron chi connectivity index (χ0n) is 13.1. The summed E-state index contributed by atoms with van der Waals surface area (Å²) in [5.41, 5.74) is 3.50. The molecule has 2 heterocycles. The first-order valence-corrected chi connectivity index (χ1v) is 7.40. The number of aryl methyl sites for hydroxylation is 1. The van der Waals surface area contributed by atoms with Crippen molar-refractivity contribution in [1.82, 2.24) is 20.1 Å². The fraction of sp³-hybridized carbons (Fsp3) is 0.111. The van der Waals surface area contributed by atoms with Crippen molar-refractivity contribution in [2.24, 2.45) is 7.05 Å². The number of rotatable bonds is 4. The summed E-state index contributed by atoms with van der Waals surface area (Å²) in [6, 6.07) is 16.1. The van der Waals surface area contributed by atoms with E-state index in [9.17, 15) is 4.79 Å². The van der Waals surface area contributed by atoms with Crippen molar-refractivity contribution in [3.63, 3.8) is 0 Å². The summed E-state index contributed by atoms with van der Waals surface area (Å²) in [6.45, 7) is 0.319. The predicted octanol–water partition coefficient (Wildman–Crippen LogP) is 2.28. The molecule has 0 fully saturated rings. The number of carbonyl (C=O) groups is 1. The maximum absolute atomic E-state index is 12.1. The van der Waals surface area contributed by atoms with E-state index < -0.39 is 0 Å². The number of hydrogen-bond acceptors (Lipinski definition) is 4. The predicted molar refractivity (Wildman–Crippen MR) is 88.8 cm³/mol. The molecule has 2 aromatic heterocycles. The Morgan fingerprint density at radius 3 is 2.71 bits per heavy atom. The summed E-state index contributed by atoms with van der Waals surface area (Å²) in [5, 5.41) is 16.0. The number of nitrogens with one attached hydrogen (secondary N) is 1. The lowest BCUT2D eigenvalue weighted by atomic mass is 10.1. The Balaban J connectivity index is 1.69. The summed E-state index contributed by atoms with van der Waals surface area (Å²) in [5.74, 6) is -0.204. The minimum absolute atomic E-state index is 0.204. The first-order valence-electron chi connectivity index (χ1n) is 7.40. The van der Waals surface area contributed by atoms with E-state index in [-0.39, 0.29) is 5.91 Å². The van der Waals surface area contributed by atoms with Crippen LogP contribution in [0.4, 0.5) is 0 Å². The Hall–Kier alpha value is -3.46. The van der Waals surface area contributed by atoms with Crippen molar-refractivity contribution < 1.29 is 4.79 Å². The smallest absolute Gasteiger partial charge is 0.251 e. The molecule has 6 nitrogen and oxygen atoms in total. The van der Waals surface area contributed by atoms with Gasteiger partial charge in [0.2, 0.25) is 0 Å². The van der Waals surface area contributed by atoms with Gasteiger partial charge in [0, 0.05) is 18.8 Å². The molecule has 1 aromatic carbocycles. The summed E-state index contributed by atoms with van der Waals surface area (Å²) in [6.07, 6.45) is 1.73. The molecule has 118 valence electrons. The Morgan fingerprint density at radius 2 is 2.04 bits per heavy atom. The summed E-state index contributed by atoms with van der Waals surface area (Å²) in [7, 11) is 1.84. The third-order valence-corrected chi connectivity index (χ3v) is 3.56. The molecule has 0 aliphatic carbocycles. The lowest BCUT2D eigenvalue weighted by Crippen LogP contribution is -2.23. The largest absolute Gasteiger partial charge is 0.346 e. The molecule has 0 saturated heterocycles. The molecule has 0 bridgehead atoms. The van der Waals surface area contributed by atoms with E-state index in [2.05, 4.69) is 15.4 Å². The average molecular weight is 317 g/mol. The van der Waals surface area contributed by atoms with E-state index in [1.807, 2.05) is 37.4 Å². The highest BCUT2D eigenvalue weighted by molar-refractivity contribution is 5.94. The van der Waals surface area contributed by atoms with E-state index in [1.165, 1.54) is 0 Å². The second-order valence-electron chi connectivity index (χ2n) is 5.23. The number of aromatic nitrogens is 3. The van der Waals surface area contributed by atoms with Crippen LogP contribution in [0.3, 0.4) is 0 Å². The quantitative estimate of drug-likeness (QED) is 0.800. The topological polar surface area (TPSA) is 83.6 Å². The summed E-state index contributed by atoms with van der Waals surface area (Å²) < 4.78 is 1.74. The van der Waals surface area contributed by atoms with E-state index in [4.69, 9.17) is 5.26 Å². The number of benzene rings is 1. The second-order valence-corrected chi connectivity index (χ2v) is 5.23. The van der Waals surface area contributed by atoms with Crippen LogP contribution in [-0.4, -0.2) is 20.7 Å². The highest BCUT2D eigenvalue weighted by atomic mass is 16.1. The van der Waals surface area contributed by atoms with Gasteiger partial charge in [0.1, 0.15) is 0 Å². The SMILES string of the molecule is Cn1nc(CNC(=O)c2ccc(C#N)cc2)cc1-c1ccccn1. The van der Waals surface area contributed by atoms with Crippen molar-refractivity contribution in [2.45, 2.75) is 6.54 Å². The van der Waals surface area contributed by atoms with Crippen molar-refractivity contribution in [1.29, 1.82) is 5.26 Å². The highest BCUT2D eigenvalue weighted by Gasteiger charge is 2.10. The lowest BCUT2D eigenvalue weighted by Gasteiger charge is -2.03. The highest BCUT2D eigenvalue weighted by Crippen LogP contribution is 2.16. The normalized spacial score (nSPS) is 10.2. The lowest BCUT2D eigenvalue weighted by molar-refractivity contribution is 0.0950. The molecule has 0 radical (unpaired) electrons. The van der Waals surface area contributed by atoms with Gasteiger partial charge >= 0.3 is 0 Å². The molecule has 0 aliphatic rings. The van der Waals surface area contributed by atoms with Crippen molar-refractivity contribution in [3.05, 3.63) is 71.5 Å². The van der Waals surface area contributed by atoms with Gasteiger partial charge in [-0.05, 0) is 42.5 Å². The van der Waals surface area contributed by atoms with Gasteiger partial charge in [-0.25, -0.2) is 0 Å². The fourth-order valence-electron chi connectivity index (χ4n) is 2.34. The standard InChI is InChI=1S/C18H15N5O/c1-23-17(16-4-2-3-9-20-16)10-15(22-23)12-21-18(24)14-7-5-13(11-19)6-8-14/h2-10H,12H2,1H3,(H,21,24). The minimum Gasteiger partial charge on any atom is -0.346 e. The van der Waals surface area contributed by atoms with Gasteiger partial charge in [0.25, 0.3) is 5.91 Å². The van der Waals surface area contributed by atoms with Crippen LogP contribution in [-0.2, 0) is 13.6 Å². The van der Waals surface area contributed by atoms with Crippen LogP contribution < -0.4 is 5.32 Å². The van der Waals surface area contributed by atoms with Gasteiger partial charge in [-0.2, -0.15) is 10.4 Å². The van der Waals surface area contributed by atoms with E-state index in [0.717, 1.165) is 17.1 Å². The van der Waals surface area contributed by atoms with Crippen LogP contribution in [0.5, 0.6) is 0 Å². The number of amides is 1. The second kappa shape index (κ2) is 6.75. The van der Waals surface area contributed by atoms with Gasteiger partial charge in [-0.1, -0.05) is 6.07 Å². The Morgan fingerprint density at radius 1 is 1.25 bits per heavy atom. The van der Waals surface area contributed by atoms with E-state index in [0.29, 0.717) is 17.7 Å². The number of carbonyl (C=O) groups excluding carboxylic acids is 1.